The minimum atomic E-state index is 0.811. The molecule has 0 saturated carbocycles. The summed E-state index contributed by atoms with van der Waals surface area (Å²) < 4.78 is 3.77. The molecule has 2 aromatic heterocycles. The van der Waals surface area contributed by atoms with Gasteiger partial charge in [-0.15, -0.1) is 0 Å². The van der Waals surface area contributed by atoms with Crippen LogP contribution in [0.2, 0.25) is 0 Å². The summed E-state index contributed by atoms with van der Waals surface area (Å²) in [5, 5.41) is 4.16. The van der Waals surface area contributed by atoms with Gasteiger partial charge in [0.05, 0.1) is 14.2 Å². The molecule has 0 aliphatic rings. The molecule has 0 bridgehead atoms. The molecule has 2 heterocycles. The van der Waals surface area contributed by atoms with E-state index in [1.54, 1.807) is 17.1 Å². The Hall–Kier alpha value is -0.430. The van der Waals surface area contributed by atoms with E-state index >= 15 is 0 Å². The Kier molecular flexibility index (Phi) is 2.63. The van der Waals surface area contributed by atoms with Crippen molar-refractivity contribution >= 4 is 38.5 Å². The number of hydrogen-bond donors (Lipinski definition) is 0. The molecule has 0 aliphatic carbocycles. The van der Waals surface area contributed by atoms with Gasteiger partial charge in [0, 0.05) is 12.4 Å². The van der Waals surface area contributed by atoms with Crippen LogP contribution in [-0.4, -0.2) is 14.8 Å². The third-order valence-corrected chi connectivity index (χ3v) is 2.68. The molecule has 0 radical (unpaired) electrons. The lowest BCUT2D eigenvalue weighted by Gasteiger charge is -2.00. The van der Waals surface area contributed by atoms with Crippen molar-refractivity contribution in [2.45, 2.75) is 0 Å². The molecule has 0 fully saturated rings. The summed E-state index contributed by atoms with van der Waals surface area (Å²) in [6.07, 6.45) is 5.46. The van der Waals surface area contributed by atoms with Gasteiger partial charge in [-0.3, -0.25) is 0 Å². The van der Waals surface area contributed by atoms with Crippen molar-refractivity contribution in [3.63, 3.8) is 0 Å². The lowest BCUT2D eigenvalue weighted by atomic mass is 10.5. The monoisotopic (exact) mass is 349 g/mol. The molecule has 0 atom stereocenters. The highest BCUT2D eigenvalue weighted by Crippen LogP contribution is 2.17. The maximum absolute atomic E-state index is 4.21. The smallest absolute Gasteiger partial charge is 0.167 e. The van der Waals surface area contributed by atoms with E-state index in [-0.39, 0.29) is 0 Å². The van der Waals surface area contributed by atoms with E-state index < -0.39 is 0 Å². The number of hydrogen-bond acceptors (Lipinski definition) is 2. The molecule has 0 spiro atoms. The number of aromatic nitrogens is 3. The number of nitrogens with zero attached hydrogens (tertiary/aromatic N) is 3. The second-order valence-electron chi connectivity index (χ2n) is 2.41. The van der Waals surface area contributed by atoms with E-state index in [2.05, 4.69) is 48.6 Å². The molecule has 2 rings (SSSR count). The van der Waals surface area contributed by atoms with Crippen molar-refractivity contribution in [3.8, 4) is 5.82 Å². The SMILES string of the molecule is Brc1cccnc1-n1cc(I)cn1. The van der Waals surface area contributed by atoms with Crippen molar-refractivity contribution in [2.24, 2.45) is 0 Å². The minimum absolute atomic E-state index is 0.811. The molecular weight excluding hydrogens is 345 g/mol. The summed E-state index contributed by atoms with van der Waals surface area (Å²) in [4.78, 5) is 4.21. The Bertz CT molecular complexity index is 427. The average molecular weight is 350 g/mol. The summed E-state index contributed by atoms with van der Waals surface area (Å²) in [5.74, 6) is 0.811. The largest absolute Gasteiger partial charge is 0.236 e. The normalized spacial score (nSPS) is 10.3. The quantitative estimate of drug-likeness (QED) is 0.741. The Morgan fingerprint density at radius 3 is 2.92 bits per heavy atom. The Balaban J connectivity index is 2.52. The Labute approximate surface area is 97.4 Å². The third-order valence-electron chi connectivity index (χ3n) is 1.51. The minimum Gasteiger partial charge on any atom is -0.236 e. The molecule has 0 saturated heterocycles. The maximum Gasteiger partial charge on any atom is 0.167 e. The number of pyridine rings is 1. The van der Waals surface area contributed by atoms with E-state index in [1.165, 1.54) is 0 Å². The van der Waals surface area contributed by atoms with Crippen LogP contribution in [0.1, 0.15) is 0 Å². The van der Waals surface area contributed by atoms with Gasteiger partial charge in [0.15, 0.2) is 5.82 Å². The standard InChI is InChI=1S/C8H5BrIN3/c9-7-2-1-3-11-8(7)13-5-6(10)4-12-13/h1-5H. The van der Waals surface area contributed by atoms with Crippen molar-refractivity contribution in [2.75, 3.05) is 0 Å². The van der Waals surface area contributed by atoms with Crippen LogP contribution in [0.5, 0.6) is 0 Å². The first-order chi connectivity index (χ1) is 6.27. The van der Waals surface area contributed by atoms with Crippen molar-refractivity contribution in [1.82, 2.24) is 14.8 Å². The van der Waals surface area contributed by atoms with E-state index in [1.807, 2.05) is 18.3 Å². The van der Waals surface area contributed by atoms with Crippen molar-refractivity contribution < 1.29 is 0 Å². The topological polar surface area (TPSA) is 30.7 Å². The lowest BCUT2D eigenvalue weighted by molar-refractivity contribution is 0.841. The Morgan fingerprint density at radius 1 is 1.46 bits per heavy atom. The number of rotatable bonds is 1. The summed E-state index contributed by atoms with van der Waals surface area (Å²) in [6.45, 7) is 0. The third kappa shape index (κ3) is 1.91. The zero-order valence-electron chi connectivity index (χ0n) is 6.48. The van der Waals surface area contributed by atoms with Gasteiger partial charge in [0.2, 0.25) is 0 Å². The van der Waals surface area contributed by atoms with Crippen LogP contribution in [0.15, 0.2) is 35.2 Å². The molecule has 0 amide bonds. The second kappa shape index (κ2) is 3.75. The molecule has 66 valence electrons. The predicted octanol–water partition coefficient (Wildman–Crippen LogP) is 2.63. The van der Waals surface area contributed by atoms with Crippen LogP contribution < -0.4 is 0 Å². The van der Waals surface area contributed by atoms with E-state index in [4.69, 9.17) is 0 Å². The van der Waals surface area contributed by atoms with E-state index in [9.17, 15) is 0 Å². The summed E-state index contributed by atoms with van der Waals surface area (Å²) >= 11 is 5.63. The molecule has 5 heteroatoms. The molecule has 3 nitrogen and oxygen atoms in total. The van der Waals surface area contributed by atoms with Gasteiger partial charge in [-0.25, -0.2) is 9.67 Å². The van der Waals surface area contributed by atoms with Gasteiger partial charge in [0.1, 0.15) is 0 Å². The first-order valence-corrected chi connectivity index (χ1v) is 5.45. The lowest BCUT2D eigenvalue weighted by Crippen LogP contribution is -1.97. The first-order valence-electron chi connectivity index (χ1n) is 3.58. The van der Waals surface area contributed by atoms with Gasteiger partial charge in [-0.1, -0.05) is 0 Å². The van der Waals surface area contributed by atoms with Gasteiger partial charge in [-0.05, 0) is 50.7 Å². The van der Waals surface area contributed by atoms with Crippen LogP contribution in [0.3, 0.4) is 0 Å². The molecule has 0 aromatic carbocycles. The van der Waals surface area contributed by atoms with E-state index in [0.717, 1.165) is 13.9 Å². The predicted molar refractivity (Wildman–Crippen MR) is 61.8 cm³/mol. The Morgan fingerprint density at radius 2 is 2.31 bits per heavy atom. The van der Waals surface area contributed by atoms with Crippen LogP contribution in [0, 0.1) is 3.57 Å². The van der Waals surface area contributed by atoms with Gasteiger partial charge < -0.3 is 0 Å². The molecule has 0 aliphatic heterocycles. The van der Waals surface area contributed by atoms with Crippen LogP contribution in [0.4, 0.5) is 0 Å². The zero-order valence-corrected chi connectivity index (χ0v) is 10.2. The van der Waals surface area contributed by atoms with Crippen molar-refractivity contribution in [1.29, 1.82) is 0 Å². The van der Waals surface area contributed by atoms with Crippen LogP contribution >= 0.6 is 38.5 Å². The van der Waals surface area contributed by atoms with Crippen LogP contribution in [-0.2, 0) is 0 Å². The average Bonchev–Trinajstić information content (AvgIpc) is 2.53. The highest BCUT2D eigenvalue weighted by atomic mass is 127. The van der Waals surface area contributed by atoms with Gasteiger partial charge in [0.25, 0.3) is 0 Å². The highest BCUT2D eigenvalue weighted by Gasteiger charge is 2.03. The summed E-state index contributed by atoms with van der Waals surface area (Å²) in [5.41, 5.74) is 0. The molecule has 0 N–H and O–H groups in total. The van der Waals surface area contributed by atoms with Gasteiger partial charge in [-0.2, -0.15) is 5.10 Å². The molecule has 13 heavy (non-hydrogen) atoms. The second-order valence-corrected chi connectivity index (χ2v) is 4.51. The van der Waals surface area contributed by atoms with E-state index in [0.29, 0.717) is 0 Å². The number of halogens is 2. The summed E-state index contributed by atoms with van der Waals surface area (Å²) in [6, 6.07) is 3.82. The molecular formula is C8H5BrIN3. The summed E-state index contributed by atoms with van der Waals surface area (Å²) in [7, 11) is 0. The highest BCUT2D eigenvalue weighted by molar-refractivity contribution is 14.1. The van der Waals surface area contributed by atoms with Crippen molar-refractivity contribution in [3.05, 3.63) is 38.8 Å². The molecule has 2 aromatic rings. The fraction of sp³-hybridized carbons (Fsp3) is 0. The maximum atomic E-state index is 4.21. The van der Waals surface area contributed by atoms with Crippen LogP contribution in [0.25, 0.3) is 5.82 Å². The fourth-order valence-corrected chi connectivity index (χ4v) is 1.79. The van der Waals surface area contributed by atoms with Gasteiger partial charge >= 0.3 is 0 Å². The first kappa shape index (κ1) is 9.14. The fourth-order valence-electron chi connectivity index (χ4n) is 0.963. The zero-order chi connectivity index (χ0) is 9.26. The molecule has 0 unspecified atom stereocenters.